The van der Waals surface area contributed by atoms with Gasteiger partial charge >= 0.3 is 0 Å². The number of carbonyl (C=O) groups excluding carboxylic acids is 1. The van der Waals surface area contributed by atoms with Crippen molar-refractivity contribution >= 4 is 27.3 Å². The van der Waals surface area contributed by atoms with Crippen molar-refractivity contribution in [3.05, 3.63) is 89.5 Å². The van der Waals surface area contributed by atoms with Crippen LogP contribution in [-0.4, -0.2) is 21.4 Å². The minimum atomic E-state index is -3.83. The minimum Gasteiger partial charge on any atom is -0.311 e. The molecular weight excluding hydrogens is 372 g/mol. The molecule has 3 aromatic rings. The van der Waals surface area contributed by atoms with Gasteiger partial charge in [0.25, 0.3) is 15.9 Å². The molecule has 0 aliphatic rings. The van der Waals surface area contributed by atoms with Crippen molar-refractivity contribution in [2.75, 3.05) is 16.7 Å². The Balaban J connectivity index is 1.91. The van der Waals surface area contributed by atoms with Gasteiger partial charge in [-0.25, -0.2) is 8.42 Å². The van der Waals surface area contributed by atoms with Crippen molar-refractivity contribution in [2.24, 2.45) is 0 Å². The summed E-state index contributed by atoms with van der Waals surface area (Å²) < 4.78 is 28.4. The van der Waals surface area contributed by atoms with Crippen molar-refractivity contribution in [2.45, 2.75) is 18.7 Å². The van der Waals surface area contributed by atoms with E-state index in [2.05, 4.69) is 4.72 Å². The fraction of sp³-hybridized carbons (Fsp3) is 0.136. The normalized spacial score (nSPS) is 11.1. The van der Waals surface area contributed by atoms with Crippen molar-refractivity contribution in [1.82, 2.24) is 0 Å². The maximum Gasteiger partial charge on any atom is 0.261 e. The second-order valence-corrected chi connectivity index (χ2v) is 8.28. The molecule has 1 N–H and O–H groups in total. The lowest BCUT2D eigenvalue weighted by atomic mass is 10.1. The van der Waals surface area contributed by atoms with E-state index >= 15 is 0 Å². The van der Waals surface area contributed by atoms with Crippen molar-refractivity contribution in [1.29, 1.82) is 0 Å². The first kappa shape index (κ1) is 19.6. The number of nitrogens with one attached hydrogen (secondary N) is 1. The lowest BCUT2D eigenvalue weighted by Gasteiger charge is -2.18. The third kappa shape index (κ3) is 4.07. The summed E-state index contributed by atoms with van der Waals surface area (Å²) in [5.74, 6) is -0.282. The standard InChI is InChI=1S/C22H22N2O3S/c1-16-9-7-10-17(2)21(16)23-28(26,27)20-14-8-11-18(15-20)22(25)24(3)19-12-5-4-6-13-19/h4-15,23H,1-3H3. The summed E-state index contributed by atoms with van der Waals surface area (Å²) in [6.07, 6.45) is 0. The van der Waals surface area contributed by atoms with E-state index in [0.717, 1.165) is 16.8 Å². The van der Waals surface area contributed by atoms with Gasteiger partial charge in [-0.3, -0.25) is 9.52 Å². The van der Waals surface area contributed by atoms with Gasteiger partial charge in [0.05, 0.1) is 10.6 Å². The van der Waals surface area contributed by atoms with E-state index in [-0.39, 0.29) is 10.8 Å². The number of para-hydroxylation sites is 2. The number of aryl methyl sites for hydroxylation is 2. The Labute approximate surface area is 165 Å². The van der Waals surface area contributed by atoms with Crippen LogP contribution >= 0.6 is 0 Å². The summed E-state index contributed by atoms with van der Waals surface area (Å²) in [6.45, 7) is 3.69. The maximum atomic E-state index is 12.9. The number of nitrogens with zero attached hydrogens (tertiary/aromatic N) is 1. The van der Waals surface area contributed by atoms with Crippen molar-refractivity contribution in [3.63, 3.8) is 0 Å². The monoisotopic (exact) mass is 394 g/mol. The summed E-state index contributed by atoms with van der Waals surface area (Å²) in [4.78, 5) is 14.3. The summed E-state index contributed by atoms with van der Waals surface area (Å²) in [6, 6.07) is 20.8. The zero-order valence-corrected chi connectivity index (χ0v) is 16.8. The summed E-state index contributed by atoms with van der Waals surface area (Å²) in [5, 5.41) is 0. The molecule has 6 heteroatoms. The van der Waals surface area contributed by atoms with Crippen LogP contribution in [0.5, 0.6) is 0 Å². The molecule has 0 bridgehead atoms. The molecule has 0 atom stereocenters. The molecule has 0 saturated heterocycles. The second kappa shape index (κ2) is 7.86. The van der Waals surface area contributed by atoms with Crippen LogP contribution in [0, 0.1) is 13.8 Å². The highest BCUT2D eigenvalue weighted by Gasteiger charge is 2.20. The topological polar surface area (TPSA) is 66.5 Å². The van der Waals surface area contributed by atoms with Gasteiger partial charge in [-0.15, -0.1) is 0 Å². The molecule has 5 nitrogen and oxygen atoms in total. The summed E-state index contributed by atoms with van der Waals surface area (Å²) in [7, 11) is -2.16. The Morgan fingerprint density at radius 1 is 0.857 bits per heavy atom. The number of rotatable bonds is 5. The number of carbonyl (C=O) groups is 1. The summed E-state index contributed by atoms with van der Waals surface area (Å²) >= 11 is 0. The zero-order valence-electron chi connectivity index (χ0n) is 16.0. The maximum absolute atomic E-state index is 12.9. The molecule has 28 heavy (non-hydrogen) atoms. The molecule has 0 radical (unpaired) electrons. The molecule has 1 amide bonds. The molecule has 0 spiro atoms. The molecule has 0 aliphatic heterocycles. The lowest BCUT2D eigenvalue weighted by molar-refractivity contribution is 0.0993. The van der Waals surface area contributed by atoms with E-state index in [9.17, 15) is 13.2 Å². The Morgan fingerprint density at radius 3 is 2.11 bits per heavy atom. The van der Waals surface area contributed by atoms with Crippen LogP contribution < -0.4 is 9.62 Å². The number of hydrogen-bond acceptors (Lipinski definition) is 3. The smallest absolute Gasteiger partial charge is 0.261 e. The van der Waals surface area contributed by atoms with Gasteiger partial charge in [0.15, 0.2) is 0 Å². The quantitative estimate of drug-likeness (QED) is 0.698. The molecule has 3 aromatic carbocycles. The van der Waals surface area contributed by atoms with Crippen LogP contribution in [0.2, 0.25) is 0 Å². The van der Waals surface area contributed by atoms with Gasteiger partial charge in [0.2, 0.25) is 0 Å². The highest BCUT2D eigenvalue weighted by molar-refractivity contribution is 7.92. The van der Waals surface area contributed by atoms with Gasteiger partial charge in [-0.05, 0) is 55.3 Å². The molecule has 0 saturated carbocycles. The summed E-state index contributed by atoms with van der Waals surface area (Å²) in [5.41, 5.74) is 3.25. The Bertz CT molecular complexity index is 1090. The molecule has 0 unspecified atom stereocenters. The van der Waals surface area contributed by atoms with Crippen LogP contribution in [0.15, 0.2) is 77.7 Å². The predicted molar refractivity (Wildman–Crippen MR) is 112 cm³/mol. The molecule has 3 rings (SSSR count). The third-order valence-corrected chi connectivity index (χ3v) is 5.90. The number of anilines is 2. The van der Waals surface area contributed by atoms with Gasteiger partial charge < -0.3 is 4.90 Å². The van der Waals surface area contributed by atoms with E-state index < -0.39 is 10.0 Å². The van der Waals surface area contributed by atoms with Crippen LogP contribution in [-0.2, 0) is 10.0 Å². The van der Waals surface area contributed by atoms with Gasteiger partial charge in [-0.2, -0.15) is 0 Å². The predicted octanol–water partition coefficient (Wildman–Crippen LogP) is 4.38. The largest absolute Gasteiger partial charge is 0.311 e. The van der Waals surface area contributed by atoms with Crippen LogP contribution in [0.25, 0.3) is 0 Å². The Morgan fingerprint density at radius 2 is 1.46 bits per heavy atom. The van der Waals surface area contributed by atoms with Crippen molar-refractivity contribution < 1.29 is 13.2 Å². The molecular formula is C22H22N2O3S. The number of sulfonamides is 1. The fourth-order valence-electron chi connectivity index (χ4n) is 2.93. The van der Waals surface area contributed by atoms with Crippen molar-refractivity contribution in [3.8, 4) is 0 Å². The highest BCUT2D eigenvalue weighted by atomic mass is 32.2. The molecule has 0 aromatic heterocycles. The third-order valence-electron chi connectivity index (χ3n) is 4.56. The molecule has 0 fully saturated rings. The van der Waals surface area contributed by atoms with E-state index in [0.29, 0.717) is 11.3 Å². The first-order chi connectivity index (χ1) is 13.3. The van der Waals surface area contributed by atoms with Gasteiger partial charge in [-0.1, -0.05) is 42.5 Å². The molecule has 0 aliphatic carbocycles. The molecule has 0 heterocycles. The minimum absolute atomic E-state index is 0.0439. The average molecular weight is 394 g/mol. The number of benzene rings is 3. The second-order valence-electron chi connectivity index (χ2n) is 6.60. The first-order valence-corrected chi connectivity index (χ1v) is 10.3. The first-order valence-electron chi connectivity index (χ1n) is 8.82. The van der Waals surface area contributed by atoms with Gasteiger partial charge in [0, 0.05) is 18.3 Å². The highest BCUT2D eigenvalue weighted by Crippen LogP contribution is 2.24. The van der Waals surface area contributed by atoms with Crippen LogP contribution in [0.1, 0.15) is 21.5 Å². The number of hydrogen-bond donors (Lipinski definition) is 1. The van der Waals surface area contributed by atoms with E-state index in [1.165, 1.54) is 17.0 Å². The SMILES string of the molecule is Cc1cccc(C)c1NS(=O)(=O)c1cccc(C(=O)N(C)c2ccccc2)c1. The Kier molecular flexibility index (Phi) is 5.51. The van der Waals surface area contributed by atoms with Crippen LogP contribution in [0.4, 0.5) is 11.4 Å². The van der Waals surface area contributed by atoms with E-state index in [1.54, 1.807) is 19.2 Å². The lowest BCUT2D eigenvalue weighted by Crippen LogP contribution is -2.26. The molecule has 144 valence electrons. The van der Waals surface area contributed by atoms with E-state index in [4.69, 9.17) is 0 Å². The van der Waals surface area contributed by atoms with Crippen LogP contribution in [0.3, 0.4) is 0 Å². The average Bonchev–Trinajstić information content (AvgIpc) is 2.70. The fourth-order valence-corrected chi connectivity index (χ4v) is 4.18. The van der Waals surface area contributed by atoms with Gasteiger partial charge in [0.1, 0.15) is 0 Å². The number of amides is 1. The Hall–Kier alpha value is -3.12. The van der Waals surface area contributed by atoms with E-state index in [1.807, 2.05) is 62.4 Å². The zero-order chi connectivity index (χ0) is 20.3.